The zero-order valence-corrected chi connectivity index (χ0v) is 12.8. The van der Waals surface area contributed by atoms with Crippen molar-refractivity contribution in [3.8, 4) is 0 Å². The van der Waals surface area contributed by atoms with Crippen LogP contribution in [0, 0.1) is 6.92 Å². The lowest BCUT2D eigenvalue weighted by atomic mass is 10.0. The zero-order chi connectivity index (χ0) is 14.7. The smallest absolute Gasteiger partial charge is 0.0411 e. The topological polar surface area (TPSA) is 38.9 Å². The van der Waals surface area contributed by atoms with Gasteiger partial charge in [-0.1, -0.05) is 42.5 Å². The molecule has 2 aromatic carbocycles. The van der Waals surface area contributed by atoms with Gasteiger partial charge in [0, 0.05) is 34.5 Å². The minimum absolute atomic E-state index is 0.0202. The van der Waals surface area contributed by atoms with Gasteiger partial charge in [0.2, 0.25) is 0 Å². The molecule has 0 aliphatic carbocycles. The molecule has 3 aromatic rings. The van der Waals surface area contributed by atoms with Gasteiger partial charge in [0.1, 0.15) is 0 Å². The van der Waals surface area contributed by atoms with Crippen LogP contribution in [0.15, 0.2) is 65.8 Å². The number of nitrogens with two attached hydrogens (primary N) is 1. The van der Waals surface area contributed by atoms with Gasteiger partial charge in [0.25, 0.3) is 0 Å². The average molecular weight is 294 g/mol. The molecule has 0 saturated heterocycles. The molecular weight excluding hydrogens is 276 g/mol. The van der Waals surface area contributed by atoms with Crippen molar-refractivity contribution >= 4 is 22.5 Å². The maximum Gasteiger partial charge on any atom is 0.0411 e. The summed E-state index contributed by atoms with van der Waals surface area (Å²) in [6.07, 6.45) is 3.78. The molecule has 2 nitrogen and oxygen atoms in total. The summed E-state index contributed by atoms with van der Waals surface area (Å²) < 4.78 is 0. The van der Waals surface area contributed by atoms with Gasteiger partial charge in [-0.3, -0.25) is 4.98 Å². The molecule has 0 amide bonds. The molecule has 0 fully saturated rings. The molecule has 1 atom stereocenters. The molecule has 0 spiro atoms. The van der Waals surface area contributed by atoms with E-state index in [2.05, 4.69) is 48.3 Å². The van der Waals surface area contributed by atoms with Crippen LogP contribution in [0.5, 0.6) is 0 Å². The Bertz CT molecular complexity index is 750. The fraction of sp³-hybridized carbons (Fsp3) is 0.167. The van der Waals surface area contributed by atoms with E-state index in [0.29, 0.717) is 0 Å². The number of pyridine rings is 1. The molecule has 2 N–H and O–H groups in total. The summed E-state index contributed by atoms with van der Waals surface area (Å²) in [5.41, 5.74) is 8.81. The van der Waals surface area contributed by atoms with E-state index in [4.69, 9.17) is 5.73 Å². The summed E-state index contributed by atoms with van der Waals surface area (Å²) >= 11 is 1.81. The number of thioether (sulfide) groups is 1. The van der Waals surface area contributed by atoms with Crippen LogP contribution < -0.4 is 5.73 Å². The minimum atomic E-state index is -0.0202. The third-order valence-corrected chi connectivity index (χ3v) is 4.91. The Morgan fingerprint density at radius 1 is 1.05 bits per heavy atom. The third kappa shape index (κ3) is 3.09. The highest BCUT2D eigenvalue weighted by atomic mass is 32.2. The van der Waals surface area contributed by atoms with E-state index in [1.54, 1.807) is 11.8 Å². The highest BCUT2D eigenvalue weighted by Gasteiger charge is 2.11. The molecule has 0 bridgehead atoms. The molecule has 3 heteroatoms. The van der Waals surface area contributed by atoms with Crippen molar-refractivity contribution in [2.45, 2.75) is 17.9 Å². The standard InChI is InChI=1S/C18H18N2S/c1-13-6-2-5-9-18(13)21-12-17(19)16-11-20-10-14-7-3-4-8-15(14)16/h2-11,17H,12,19H2,1H3. The van der Waals surface area contributed by atoms with Gasteiger partial charge >= 0.3 is 0 Å². The van der Waals surface area contributed by atoms with Gasteiger partial charge in [0.05, 0.1) is 0 Å². The molecule has 21 heavy (non-hydrogen) atoms. The quantitative estimate of drug-likeness (QED) is 0.728. The maximum absolute atomic E-state index is 6.40. The van der Waals surface area contributed by atoms with E-state index in [1.807, 2.05) is 24.5 Å². The van der Waals surface area contributed by atoms with Gasteiger partial charge in [-0.05, 0) is 29.5 Å². The number of aryl methyl sites for hydroxylation is 1. The Hall–Kier alpha value is -1.84. The highest BCUT2D eigenvalue weighted by molar-refractivity contribution is 7.99. The highest BCUT2D eigenvalue weighted by Crippen LogP contribution is 2.28. The number of hydrogen-bond donors (Lipinski definition) is 1. The number of fused-ring (bicyclic) bond motifs is 1. The lowest BCUT2D eigenvalue weighted by molar-refractivity contribution is 0.833. The molecule has 0 aliphatic heterocycles. The van der Waals surface area contributed by atoms with Crippen LogP contribution in [0.25, 0.3) is 10.8 Å². The lowest BCUT2D eigenvalue weighted by Gasteiger charge is -2.14. The Kier molecular flexibility index (Phi) is 4.23. The second-order valence-corrected chi connectivity index (χ2v) is 6.19. The first kappa shape index (κ1) is 14.1. The van der Waals surface area contributed by atoms with E-state index >= 15 is 0 Å². The van der Waals surface area contributed by atoms with E-state index in [-0.39, 0.29) is 6.04 Å². The molecule has 1 aromatic heterocycles. The summed E-state index contributed by atoms with van der Waals surface area (Å²) in [6.45, 7) is 2.13. The van der Waals surface area contributed by atoms with Crippen LogP contribution >= 0.6 is 11.8 Å². The van der Waals surface area contributed by atoms with Crippen molar-refractivity contribution in [2.75, 3.05) is 5.75 Å². The van der Waals surface area contributed by atoms with E-state index < -0.39 is 0 Å². The van der Waals surface area contributed by atoms with Gasteiger partial charge in [-0.2, -0.15) is 0 Å². The predicted octanol–water partition coefficient (Wildman–Crippen LogP) is 4.34. The first-order valence-corrected chi connectivity index (χ1v) is 8.01. The number of hydrogen-bond acceptors (Lipinski definition) is 3. The second-order valence-electron chi connectivity index (χ2n) is 5.13. The Labute approximate surface area is 129 Å². The second kappa shape index (κ2) is 6.29. The summed E-state index contributed by atoms with van der Waals surface area (Å²) in [7, 11) is 0. The van der Waals surface area contributed by atoms with Crippen LogP contribution in [0.3, 0.4) is 0 Å². The van der Waals surface area contributed by atoms with Crippen molar-refractivity contribution in [3.63, 3.8) is 0 Å². The summed E-state index contributed by atoms with van der Waals surface area (Å²) in [5, 5.41) is 2.34. The van der Waals surface area contributed by atoms with Gasteiger partial charge in [0.15, 0.2) is 0 Å². The molecular formula is C18H18N2S. The molecule has 1 heterocycles. The first-order chi connectivity index (χ1) is 10.3. The SMILES string of the molecule is Cc1ccccc1SCC(N)c1cncc2ccccc12. The van der Waals surface area contributed by atoms with Crippen LogP contribution in [0.1, 0.15) is 17.2 Å². The third-order valence-electron chi connectivity index (χ3n) is 3.61. The lowest BCUT2D eigenvalue weighted by Crippen LogP contribution is -2.13. The van der Waals surface area contributed by atoms with Crippen LogP contribution in [-0.4, -0.2) is 10.7 Å². The van der Waals surface area contributed by atoms with Crippen molar-refractivity contribution in [2.24, 2.45) is 5.73 Å². The van der Waals surface area contributed by atoms with Crippen LogP contribution in [-0.2, 0) is 0 Å². The maximum atomic E-state index is 6.40. The molecule has 0 aliphatic rings. The first-order valence-electron chi connectivity index (χ1n) is 7.02. The number of benzene rings is 2. The molecule has 0 radical (unpaired) electrons. The zero-order valence-electron chi connectivity index (χ0n) is 12.0. The fourth-order valence-electron chi connectivity index (χ4n) is 2.42. The van der Waals surface area contributed by atoms with Gasteiger partial charge < -0.3 is 5.73 Å². The molecule has 3 rings (SSSR count). The fourth-order valence-corrected chi connectivity index (χ4v) is 3.43. The Morgan fingerprint density at radius 2 is 1.81 bits per heavy atom. The van der Waals surface area contributed by atoms with Crippen molar-refractivity contribution in [3.05, 3.63) is 72.1 Å². The predicted molar refractivity (Wildman–Crippen MR) is 90.6 cm³/mol. The number of rotatable bonds is 4. The Morgan fingerprint density at radius 3 is 2.67 bits per heavy atom. The van der Waals surface area contributed by atoms with Crippen molar-refractivity contribution in [1.29, 1.82) is 0 Å². The number of aromatic nitrogens is 1. The van der Waals surface area contributed by atoms with Gasteiger partial charge in [-0.15, -0.1) is 11.8 Å². The monoisotopic (exact) mass is 294 g/mol. The van der Waals surface area contributed by atoms with E-state index in [1.165, 1.54) is 15.8 Å². The van der Waals surface area contributed by atoms with Crippen LogP contribution in [0.4, 0.5) is 0 Å². The summed E-state index contributed by atoms with van der Waals surface area (Å²) in [5.74, 6) is 0.848. The van der Waals surface area contributed by atoms with Crippen molar-refractivity contribution < 1.29 is 0 Å². The molecule has 106 valence electrons. The van der Waals surface area contributed by atoms with Crippen LogP contribution in [0.2, 0.25) is 0 Å². The van der Waals surface area contributed by atoms with Gasteiger partial charge in [-0.25, -0.2) is 0 Å². The van der Waals surface area contributed by atoms with Crippen molar-refractivity contribution in [1.82, 2.24) is 4.98 Å². The molecule has 1 unspecified atom stereocenters. The van der Waals surface area contributed by atoms with E-state index in [9.17, 15) is 0 Å². The normalized spacial score (nSPS) is 12.5. The number of nitrogens with zero attached hydrogens (tertiary/aromatic N) is 1. The van der Waals surface area contributed by atoms with E-state index in [0.717, 1.165) is 16.7 Å². The average Bonchev–Trinajstić information content (AvgIpc) is 2.53. The minimum Gasteiger partial charge on any atom is -0.323 e. The molecule has 0 saturated carbocycles. The Balaban J connectivity index is 1.81. The largest absolute Gasteiger partial charge is 0.323 e. The summed E-state index contributed by atoms with van der Waals surface area (Å²) in [6, 6.07) is 16.7. The summed E-state index contributed by atoms with van der Waals surface area (Å²) in [4.78, 5) is 5.61.